The molecule has 2 aromatic rings. The van der Waals surface area contributed by atoms with E-state index in [4.69, 9.17) is 0 Å². The second-order valence-corrected chi connectivity index (χ2v) is 5.86. The maximum absolute atomic E-state index is 12.3. The van der Waals surface area contributed by atoms with Crippen molar-refractivity contribution in [2.75, 3.05) is 13.1 Å². The van der Waals surface area contributed by atoms with Gasteiger partial charge in [-0.25, -0.2) is 4.79 Å². The second kappa shape index (κ2) is 5.37. The first-order valence-corrected chi connectivity index (χ1v) is 7.27. The predicted molar refractivity (Wildman–Crippen MR) is 81.0 cm³/mol. The first-order chi connectivity index (χ1) is 10.0. The van der Waals surface area contributed by atoms with Gasteiger partial charge in [-0.2, -0.15) is 0 Å². The molecule has 21 heavy (non-hydrogen) atoms. The van der Waals surface area contributed by atoms with E-state index in [1.165, 1.54) is 0 Å². The molecule has 0 radical (unpaired) electrons. The van der Waals surface area contributed by atoms with Crippen LogP contribution in [0.2, 0.25) is 0 Å². The molecule has 2 heterocycles. The van der Waals surface area contributed by atoms with E-state index >= 15 is 0 Å². The van der Waals surface area contributed by atoms with Gasteiger partial charge in [-0.15, -0.1) is 0 Å². The Morgan fingerprint density at radius 3 is 2.76 bits per heavy atom. The summed E-state index contributed by atoms with van der Waals surface area (Å²) >= 11 is 0. The SMILES string of the molecule is CC(NC(=O)[C@@H]1CNC[C@H]1C)c1ccc2[nH]c(=O)[nH]c2c1. The number of imidazole rings is 1. The Hall–Kier alpha value is -2.08. The van der Waals surface area contributed by atoms with Gasteiger partial charge in [0.2, 0.25) is 5.91 Å². The summed E-state index contributed by atoms with van der Waals surface area (Å²) in [7, 11) is 0. The lowest BCUT2D eigenvalue weighted by Crippen LogP contribution is -2.35. The zero-order chi connectivity index (χ0) is 15.0. The van der Waals surface area contributed by atoms with Crippen LogP contribution < -0.4 is 16.3 Å². The molecule has 1 aliphatic rings. The minimum atomic E-state index is -0.218. The lowest BCUT2D eigenvalue weighted by atomic mass is 9.96. The number of hydrogen-bond acceptors (Lipinski definition) is 3. The van der Waals surface area contributed by atoms with Crippen molar-refractivity contribution in [3.63, 3.8) is 0 Å². The van der Waals surface area contributed by atoms with Crippen molar-refractivity contribution in [3.05, 3.63) is 34.2 Å². The van der Waals surface area contributed by atoms with Crippen LogP contribution in [0.3, 0.4) is 0 Å². The van der Waals surface area contributed by atoms with E-state index < -0.39 is 0 Å². The van der Waals surface area contributed by atoms with E-state index in [2.05, 4.69) is 27.5 Å². The molecular weight excluding hydrogens is 268 g/mol. The second-order valence-electron chi connectivity index (χ2n) is 5.86. The number of rotatable bonds is 3. The van der Waals surface area contributed by atoms with Gasteiger partial charge in [0.15, 0.2) is 0 Å². The quantitative estimate of drug-likeness (QED) is 0.676. The molecule has 6 nitrogen and oxygen atoms in total. The van der Waals surface area contributed by atoms with Gasteiger partial charge in [0, 0.05) is 6.54 Å². The van der Waals surface area contributed by atoms with Crippen LogP contribution in [0.1, 0.15) is 25.5 Å². The standard InChI is InChI=1S/C15H20N4O2/c1-8-6-16-7-11(8)14(20)17-9(2)10-3-4-12-13(5-10)19-15(21)18-12/h3-5,8-9,11,16H,6-7H2,1-2H3,(H,17,20)(H2,18,19,21)/t8-,9?,11-/m1/s1. The largest absolute Gasteiger partial charge is 0.349 e. The fourth-order valence-electron chi connectivity index (χ4n) is 2.88. The average molecular weight is 288 g/mol. The Labute approximate surface area is 122 Å². The summed E-state index contributed by atoms with van der Waals surface area (Å²) in [5, 5.41) is 6.30. The first-order valence-electron chi connectivity index (χ1n) is 7.27. The lowest BCUT2D eigenvalue weighted by Gasteiger charge is -2.19. The summed E-state index contributed by atoms with van der Waals surface area (Å²) < 4.78 is 0. The minimum Gasteiger partial charge on any atom is -0.349 e. The molecule has 1 unspecified atom stereocenters. The molecule has 0 saturated carbocycles. The summed E-state index contributed by atoms with van der Waals surface area (Å²) in [6.45, 7) is 5.68. The van der Waals surface area contributed by atoms with Crippen LogP contribution in [-0.4, -0.2) is 29.0 Å². The maximum atomic E-state index is 12.3. The number of benzene rings is 1. The van der Waals surface area contributed by atoms with Crippen molar-refractivity contribution in [1.82, 2.24) is 20.6 Å². The lowest BCUT2D eigenvalue weighted by molar-refractivity contribution is -0.126. The van der Waals surface area contributed by atoms with Crippen molar-refractivity contribution >= 4 is 16.9 Å². The average Bonchev–Trinajstić information content (AvgIpc) is 3.02. The molecule has 1 aliphatic heterocycles. The van der Waals surface area contributed by atoms with Gasteiger partial charge in [0.1, 0.15) is 0 Å². The van der Waals surface area contributed by atoms with Crippen molar-refractivity contribution in [3.8, 4) is 0 Å². The van der Waals surface area contributed by atoms with E-state index in [-0.39, 0.29) is 23.6 Å². The van der Waals surface area contributed by atoms with Crippen molar-refractivity contribution in [1.29, 1.82) is 0 Å². The third kappa shape index (κ3) is 2.71. The van der Waals surface area contributed by atoms with Crippen LogP contribution in [0.4, 0.5) is 0 Å². The number of carbonyl (C=O) groups excluding carboxylic acids is 1. The smallest absolute Gasteiger partial charge is 0.323 e. The van der Waals surface area contributed by atoms with Gasteiger partial charge in [-0.05, 0) is 37.1 Å². The van der Waals surface area contributed by atoms with Crippen LogP contribution in [0.5, 0.6) is 0 Å². The Morgan fingerprint density at radius 1 is 1.29 bits per heavy atom. The van der Waals surface area contributed by atoms with Crippen LogP contribution in [-0.2, 0) is 4.79 Å². The third-order valence-corrected chi connectivity index (χ3v) is 4.25. The van der Waals surface area contributed by atoms with Crippen LogP contribution in [0.15, 0.2) is 23.0 Å². The molecule has 1 amide bonds. The van der Waals surface area contributed by atoms with Gasteiger partial charge in [-0.1, -0.05) is 13.0 Å². The molecule has 1 aromatic carbocycles. The van der Waals surface area contributed by atoms with Gasteiger partial charge >= 0.3 is 5.69 Å². The zero-order valence-corrected chi connectivity index (χ0v) is 12.2. The van der Waals surface area contributed by atoms with Crippen molar-refractivity contribution < 1.29 is 4.79 Å². The van der Waals surface area contributed by atoms with E-state index in [1.807, 2.05) is 25.1 Å². The summed E-state index contributed by atoms with van der Waals surface area (Å²) in [5.74, 6) is 0.478. The van der Waals surface area contributed by atoms with Crippen molar-refractivity contribution in [2.45, 2.75) is 19.9 Å². The number of aromatic nitrogens is 2. The molecule has 3 rings (SSSR count). The third-order valence-electron chi connectivity index (χ3n) is 4.25. The van der Waals surface area contributed by atoms with Crippen LogP contribution >= 0.6 is 0 Å². The van der Waals surface area contributed by atoms with E-state index in [9.17, 15) is 9.59 Å². The molecule has 3 atom stereocenters. The highest BCUT2D eigenvalue weighted by molar-refractivity contribution is 5.80. The maximum Gasteiger partial charge on any atom is 0.323 e. The van der Waals surface area contributed by atoms with Crippen molar-refractivity contribution in [2.24, 2.45) is 11.8 Å². The molecule has 0 bridgehead atoms. The molecule has 1 fully saturated rings. The summed E-state index contributed by atoms with van der Waals surface area (Å²) in [6, 6.07) is 5.58. The highest BCUT2D eigenvalue weighted by Crippen LogP contribution is 2.20. The van der Waals surface area contributed by atoms with Gasteiger partial charge in [0.05, 0.1) is 23.0 Å². The number of carbonyl (C=O) groups is 1. The fourth-order valence-corrected chi connectivity index (χ4v) is 2.88. The normalized spacial score (nSPS) is 23.3. The van der Waals surface area contributed by atoms with E-state index in [0.717, 1.165) is 29.7 Å². The van der Waals surface area contributed by atoms with Crippen LogP contribution in [0.25, 0.3) is 11.0 Å². The molecule has 112 valence electrons. The number of nitrogens with one attached hydrogen (secondary N) is 4. The highest BCUT2D eigenvalue weighted by atomic mass is 16.2. The fraction of sp³-hybridized carbons (Fsp3) is 0.467. The monoisotopic (exact) mass is 288 g/mol. The first kappa shape index (κ1) is 13.9. The van der Waals surface area contributed by atoms with E-state index in [0.29, 0.717) is 5.92 Å². The highest BCUT2D eigenvalue weighted by Gasteiger charge is 2.30. The number of H-pyrrole nitrogens is 2. The molecule has 0 aliphatic carbocycles. The molecular formula is C15H20N4O2. The van der Waals surface area contributed by atoms with Gasteiger partial charge in [-0.3, -0.25) is 4.79 Å². The summed E-state index contributed by atoms with van der Waals surface area (Å²) in [6.07, 6.45) is 0. The molecule has 0 spiro atoms. The Kier molecular flexibility index (Phi) is 3.55. The number of hydrogen-bond donors (Lipinski definition) is 4. The van der Waals surface area contributed by atoms with Gasteiger partial charge < -0.3 is 20.6 Å². The minimum absolute atomic E-state index is 0.0308. The number of fused-ring (bicyclic) bond motifs is 1. The van der Waals surface area contributed by atoms with Gasteiger partial charge in [0.25, 0.3) is 0 Å². The number of aromatic amines is 2. The summed E-state index contributed by atoms with van der Waals surface area (Å²) in [4.78, 5) is 29.0. The molecule has 1 saturated heterocycles. The summed E-state index contributed by atoms with van der Waals surface area (Å²) in [5.41, 5.74) is 2.29. The molecule has 1 aromatic heterocycles. The van der Waals surface area contributed by atoms with E-state index in [1.54, 1.807) is 0 Å². The Balaban J connectivity index is 1.75. The van der Waals surface area contributed by atoms with Crippen LogP contribution in [0, 0.1) is 11.8 Å². The number of amides is 1. The topological polar surface area (TPSA) is 89.8 Å². The molecule has 4 N–H and O–H groups in total. The zero-order valence-electron chi connectivity index (χ0n) is 12.2. The molecule has 6 heteroatoms. The Morgan fingerprint density at radius 2 is 2.05 bits per heavy atom. The predicted octanol–water partition coefficient (Wildman–Crippen LogP) is 0.889. The Bertz CT molecular complexity index is 718.